The molecule has 0 spiro atoms. The average Bonchev–Trinajstić information content (AvgIpc) is 3.29. The highest BCUT2D eigenvalue weighted by Crippen LogP contribution is 2.27. The molecule has 1 aliphatic rings. The third-order valence-corrected chi connectivity index (χ3v) is 5.42. The Bertz CT molecular complexity index is 1140. The molecule has 8 heteroatoms. The molecule has 0 radical (unpaired) electrons. The van der Waals surface area contributed by atoms with E-state index in [4.69, 9.17) is 10.2 Å². The molecule has 3 aromatic heterocycles. The number of likely N-dealkylation sites (N-methyl/N-ethyl adjacent to an activating group) is 1. The molecule has 1 saturated heterocycles. The maximum absolute atomic E-state index is 10.9. The summed E-state index contributed by atoms with van der Waals surface area (Å²) in [6, 6.07) is 9.92. The molecular weight excluding hydrogens is 356 g/mol. The van der Waals surface area contributed by atoms with Gasteiger partial charge in [-0.1, -0.05) is 6.07 Å². The average molecular weight is 378 g/mol. The van der Waals surface area contributed by atoms with Crippen molar-refractivity contribution in [3.8, 4) is 11.1 Å². The Morgan fingerprint density at radius 3 is 2.71 bits per heavy atom. The van der Waals surface area contributed by atoms with Crippen LogP contribution in [0.1, 0.15) is 11.9 Å². The van der Waals surface area contributed by atoms with Crippen LogP contribution in [0.5, 0.6) is 0 Å². The van der Waals surface area contributed by atoms with Gasteiger partial charge in [0, 0.05) is 32.4 Å². The van der Waals surface area contributed by atoms with Gasteiger partial charge >= 0.3 is 0 Å². The summed E-state index contributed by atoms with van der Waals surface area (Å²) in [5.74, 6) is 0. The van der Waals surface area contributed by atoms with E-state index >= 15 is 0 Å². The number of oxazole rings is 1. The van der Waals surface area contributed by atoms with E-state index in [1.165, 1.54) is 0 Å². The first-order valence-corrected chi connectivity index (χ1v) is 9.32. The molecule has 0 aliphatic carbocycles. The number of hydrogen-bond donors (Lipinski definition) is 2. The molecule has 5 rings (SSSR count). The summed E-state index contributed by atoms with van der Waals surface area (Å²) in [5.41, 5.74) is 10.6. The van der Waals surface area contributed by atoms with E-state index < -0.39 is 6.23 Å². The molecule has 0 saturated carbocycles. The van der Waals surface area contributed by atoms with Crippen LogP contribution in [0.3, 0.4) is 0 Å². The fraction of sp³-hybridized carbons (Fsp3) is 0.300. The predicted molar refractivity (Wildman–Crippen MR) is 107 cm³/mol. The van der Waals surface area contributed by atoms with Crippen LogP contribution in [0, 0.1) is 0 Å². The van der Waals surface area contributed by atoms with Crippen molar-refractivity contribution in [2.75, 3.05) is 39.0 Å². The summed E-state index contributed by atoms with van der Waals surface area (Å²) >= 11 is 0. The first-order chi connectivity index (χ1) is 13.6. The summed E-state index contributed by atoms with van der Waals surface area (Å²) in [5, 5.41) is 10.9. The topological polar surface area (TPSA) is 96.1 Å². The molecule has 0 amide bonds. The predicted octanol–water partition coefficient (Wildman–Crippen LogP) is 1.96. The molecule has 1 fully saturated rings. The third kappa shape index (κ3) is 2.91. The van der Waals surface area contributed by atoms with Crippen molar-refractivity contribution in [3.05, 3.63) is 48.4 Å². The highest BCUT2D eigenvalue weighted by molar-refractivity contribution is 5.81. The van der Waals surface area contributed by atoms with E-state index in [9.17, 15) is 5.11 Å². The number of nitrogens with two attached hydrogens (primary N) is 1. The van der Waals surface area contributed by atoms with Crippen molar-refractivity contribution >= 4 is 22.8 Å². The summed E-state index contributed by atoms with van der Waals surface area (Å²) in [6.07, 6.45) is 3.07. The van der Waals surface area contributed by atoms with Crippen LogP contribution in [-0.2, 0) is 0 Å². The van der Waals surface area contributed by atoms with Crippen LogP contribution in [0.15, 0.2) is 47.1 Å². The lowest BCUT2D eigenvalue weighted by Crippen LogP contribution is -2.46. The molecule has 0 bridgehead atoms. The highest BCUT2D eigenvalue weighted by Gasteiger charge is 2.24. The van der Waals surface area contributed by atoms with Gasteiger partial charge in [-0.05, 0) is 42.4 Å². The largest absolute Gasteiger partial charge is 0.424 e. The van der Waals surface area contributed by atoms with Crippen molar-refractivity contribution in [3.63, 3.8) is 0 Å². The SMILES string of the molecule is CN1CCN(C(O)c2cnc3ccc(-c4ccc5oc(N)nc5c4)cn23)CC1. The molecule has 1 atom stereocenters. The van der Waals surface area contributed by atoms with E-state index in [0.29, 0.717) is 5.58 Å². The number of aliphatic hydroxyl groups excluding tert-OH is 1. The van der Waals surface area contributed by atoms with Gasteiger partial charge in [-0.3, -0.25) is 9.30 Å². The van der Waals surface area contributed by atoms with E-state index in [0.717, 1.165) is 54.2 Å². The number of piperazine rings is 1. The quantitative estimate of drug-likeness (QED) is 0.563. The van der Waals surface area contributed by atoms with Gasteiger partial charge < -0.3 is 20.2 Å². The zero-order valence-corrected chi connectivity index (χ0v) is 15.6. The molecule has 3 N–H and O–H groups in total. The molecule has 1 unspecified atom stereocenters. The number of benzene rings is 1. The fourth-order valence-electron chi connectivity index (χ4n) is 3.74. The number of pyridine rings is 1. The second-order valence-electron chi connectivity index (χ2n) is 7.28. The van der Waals surface area contributed by atoms with Gasteiger partial charge in [-0.15, -0.1) is 0 Å². The van der Waals surface area contributed by atoms with Crippen LogP contribution in [0.4, 0.5) is 6.01 Å². The van der Waals surface area contributed by atoms with E-state index in [2.05, 4.69) is 26.8 Å². The van der Waals surface area contributed by atoms with Gasteiger partial charge in [0.05, 0.1) is 11.9 Å². The fourth-order valence-corrected chi connectivity index (χ4v) is 3.74. The van der Waals surface area contributed by atoms with Gasteiger partial charge in [0.1, 0.15) is 11.2 Å². The Kier molecular flexibility index (Phi) is 4.04. The molecule has 1 aromatic carbocycles. The smallest absolute Gasteiger partial charge is 0.292 e. The molecule has 4 aromatic rings. The Labute approximate surface area is 161 Å². The van der Waals surface area contributed by atoms with Crippen molar-refractivity contribution in [2.45, 2.75) is 6.23 Å². The van der Waals surface area contributed by atoms with Crippen LogP contribution >= 0.6 is 0 Å². The number of aliphatic hydroxyl groups is 1. The maximum Gasteiger partial charge on any atom is 0.292 e. The molecule has 4 heterocycles. The molecule has 28 heavy (non-hydrogen) atoms. The van der Waals surface area contributed by atoms with Crippen molar-refractivity contribution in [1.82, 2.24) is 24.2 Å². The van der Waals surface area contributed by atoms with E-state index in [1.807, 2.05) is 40.9 Å². The number of nitrogens with zero attached hydrogens (tertiary/aromatic N) is 5. The van der Waals surface area contributed by atoms with Gasteiger partial charge in [0.2, 0.25) is 0 Å². The van der Waals surface area contributed by atoms with Gasteiger partial charge in [0.15, 0.2) is 11.8 Å². The number of fused-ring (bicyclic) bond motifs is 2. The first kappa shape index (κ1) is 17.2. The Hall–Kier alpha value is -2.94. The zero-order valence-electron chi connectivity index (χ0n) is 15.6. The Morgan fingerprint density at radius 1 is 1.11 bits per heavy atom. The summed E-state index contributed by atoms with van der Waals surface area (Å²) in [7, 11) is 2.10. The zero-order chi connectivity index (χ0) is 19.3. The van der Waals surface area contributed by atoms with Gasteiger partial charge in [-0.2, -0.15) is 4.98 Å². The van der Waals surface area contributed by atoms with E-state index in [1.54, 1.807) is 6.20 Å². The molecule has 144 valence electrons. The number of rotatable bonds is 3. The summed E-state index contributed by atoms with van der Waals surface area (Å²) in [6.45, 7) is 3.55. The van der Waals surface area contributed by atoms with Gasteiger partial charge in [0.25, 0.3) is 6.01 Å². The normalized spacial score (nSPS) is 17.5. The maximum atomic E-state index is 10.9. The van der Waals surface area contributed by atoms with Gasteiger partial charge in [-0.25, -0.2) is 4.98 Å². The van der Waals surface area contributed by atoms with Crippen molar-refractivity contribution < 1.29 is 9.52 Å². The number of anilines is 1. The van der Waals surface area contributed by atoms with Crippen LogP contribution in [0.25, 0.3) is 27.9 Å². The minimum absolute atomic E-state index is 0.162. The van der Waals surface area contributed by atoms with Crippen molar-refractivity contribution in [1.29, 1.82) is 0 Å². The Balaban J connectivity index is 1.52. The van der Waals surface area contributed by atoms with Crippen molar-refractivity contribution in [2.24, 2.45) is 0 Å². The monoisotopic (exact) mass is 378 g/mol. The highest BCUT2D eigenvalue weighted by atomic mass is 16.4. The molecular formula is C20H22N6O2. The number of hydrogen-bond acceptors (Lipinski definition) is 7. The Morgan fingerprint density at radius 2 is 1.89 bits per heavy atom. The third-order valence-electron chi connectivity index (χ3n) is 5.42. The second-order valence-corrected chi connectivity index (χ2v) is 7.28. The minimum atomic E-state index is -0.684. The lowest BCUT2D eigenvalue weighted by atomic mass is 10.1. The standard InChI is InChI=1S/C20H22N6O2/c1-24-6-8-25(9-7-24)19(27)16-11-22-18-5-3-14(12-26(16)18)13-2-4-17-15(10-13)23-20(21)28-17/h2-5,10-12,19,27H,6-9H2,1H3,(H2,21,23). The first-order valence-electron chi connectivity index (χ1n) is 9.32. The number of nitrogen functional groups attached to an aromatic ring is 1. The van der Waals surface area contributed by atoms with Crippen LogP contribution in [-0.4, -0.2) is 62.5 Å². The van der Waals surface area contributed by atoms with Crippen LogP contribution in [0.2, 0.25) is 0 Å². The minimum Gasteiger partial charge on any atom is -0.424 e. The lowest BCUT2D eigenvalue weighted by Gasteiger charge is -2.35. The molecule has 1 aliphatic heterocycles. The summed E-state index contributed by atoms with van der Waals surface area (Å²) in [4.78, 5) is 13.0. The van der Waals surface area contributed by atoms with Crippen LogP contribution < -0.4 is 5.73 Å². The van der Waals surface area contributed by atoms with E-state index in [-0.39, 0.29) is 6.01 Å². The summed E-state index contributed by atoms with van der Waals surface area (Å²) < 4.78 is 7.31. The lowest BCUT2D eigenvalue weighted by molar-refractivity contribution is -0.0264. The number of aromatic nitrogens is 3. The number of imidazole rings is 1. The molecule has 8 nitrogen and oxygen atoms in total. The second kappa shape index (κ2) is 6.59.